The summed E-state index contributed by atoms with van der Waals surface area (Å²) in [5.41, 5.74) is 0.670. The molecule has 4 heterocycles. The second-order valence-corrected chi connectivity index (χ2v) is 7.92. The van der Waals surface area contributed by atoms with Crippen LogP contribution in [-0.2, 0) is 9.59 Å². The van der Waals surface area contributed by atoms with Crippen molar-refractivity contribution in [3.05, 3.63) is 42.4 Å². The first-order valence-corrected chi connectivity index (χ1v) is 10.4. The highest BCUT2D eigenvalue weighted by molar-refractivity contribution is 5.92. The summed E-state index contributed by atoms with van der Waals surface area (Å²) in [5, 5.41) is 10.5. The zero-order valence-electron chi connectivity index (χ0n) is 16.7. The summed E-state index contributed by atoms with van der Waals surface area (Å²) in [7, 11) is 0. The Morgan fingerprint density at radius 3 is 2.90 bits per heavy atom. The number of hydrogen-bond acceptors (Lipinski definition) is 6. The standard InChI is InChI=1S/C22H23N5O3/c28-18-8-4-12-27(18)14-19(29)26-11-3-6-16(13-26)21-24-25-22(30-21)20-17-7-2-1-5-15(17)9-10-23-20/h1-2,5,7,9-10,16H,3-4,6,8,11-14H2. The van der Waals surface area contributed by atoms with E-state index in [9.17, 15) is 9.59 Å². The quantitative estimate of drug-likeness (QED) is 0.663. The highest BCUT2D eigenvalue weighted by Crippen LogP contribution is 2.30. The van der Waals surface area contributed by atoms with Crippen LogP contribution >= 0.6 is 0 Å². The molecule has 0 saturated carbocycles. The van der Waals surface area contributed by atoms with Crippen molar-refractivity contribution in [3.63, 3.8) is 0 Å². The maximum atomic E-state index is 12.7. The normalized spacial score (nSPS) is 19.6. The van der Waals surface area contributed by atoms with Crippen LogP contribution in [0, 0.1) is 0 Å². The predicted molar refractivity (Wildman–Crippen MR) is 109 cm³/mol. The molecule has 30 heavy (non-hydrogen) atoms. The Bertz CT molecular complexity index is 1090. The van der Waals surface area contributed by atoms with E-state index < -0.39 is 0 Å². The molecule has 0 N–H and O–H groups in total. The zero-order valence-corrected chi connectivity index (χ0v) is 16.7. The van der Waals surface area contributed by atoms with Crippen LogP contribution in [0.2, 0.25) is 0 Å². The third-order valence-corrected chi connectivity index (χ3v) is 5.94. The Hall–Kier alpha value is -3.29. The van der Waals surface area contributed by atoms with Crippen molar-refractivity contribution in [1.82, 2.24) is 25.0 Å². The fourth-order valence-electron chi connectivity index (χ4n) is 4.33. The van der Waals surface area contributed by atoms with Gasteiger partial charge in [-0.1, -0.05) is 24.3 Å². The lowest BCUT2D eigenvalue weighted by Crippen LogP contribution is -2.45. The van der Waals surface area contributed by atoms with Gasteiger partial charge in [0, 0.05) is 37.6 Å². The fraction of sp³-hybridized carbons (Fsp3) is 0.409. The minimum Gasteiger partial charge on any atom is -0.419 e. The lowest BCUT2D eigenvalue weighted by molar-refractivity contribution is -0.139. The summed E-state index contributed by atoms with van der Waals surface area (Å²) in [4.78, 5) is 32.4. The van der Waals surface area contributed by atoms with Gasteiger partial charge in [0.15, 0.2) is 0 Å². The van der Waals surface area contributed by atoms with Gasteiger partial charge >= 0.3 is 0 Å². The maximum Gasteiger partial charge on any atom is 0.266 e. The van der Waals surface area contributed by atoms with E-state index >= 15 is 0 Å². The van der Waals surface area contributed by atoms with Crippen molar-refractivity contribution < 1.29 is 14.0 Å². The molecule has 1 unspecified atom stereocenters. The van der Waals surface area contributed by atoms with Gasteiger partial charge in [0.05, 0.1) is 12.5 Å². The molecular formula is C22H23N5O3. The number of likely N-dealkylation sites (tertiary alicyclic amines) is 2. The van der Waals surface area contributed by atoms with Gasteiger partial charge in [-0.15, -0.1) is 10.2 Å². The van der Waals surface area contributed by atoms with Crippen LogP contribution in [0.3, 0.4) is 0 Å². The first-order valence-electron chi connectivity index (χ1n) is 10.4. The third kappa shape index (κ3) is 3.53. The highest BCUT2D eigenvalue weighted by atomic mass is 16.4. The molecule has 5 rings (SSSR count). The molecule has 2 aliphatic rings. The summed E-state index contributed by atoms with van der Waals surface area (Å²) < 4.78 is 6.01. The molecule has 0 aliphatic carbocycles. The number of rotatable bonds is 4. The zero-order chi connectivity index (χ0) is 20.5. The number of fused-ring (bicyclic) bond motifs is 1. The Labute approximate surface area is 173 Å². The van der Waals surface area contributed by atoms with Gasteiger partial charge < -0.3 is 14.2 Å². The van der Waals surface area contributed by atoms with Gasteiger partial charge in [0.2, 0.25) is 17.7 Å². The molecule has 0 spiro atoms. The van der Waals surface area contributed by atoms with Crippen LogP contribution in [-0.4, -0.2) is 63.0 Å². The minimum atomic E-state index is -0.00888. The molecule has 1 atom stereocenters. The molecule has 0 bridgehead atoms. The first-order chi connectivity index (χ1) is 14.7. The Morgan fingerprint density at radius 1 is 1.13 bits per heavy atom. The number of piperidine rings is 1. The lowest BCUT2D eigenvalue weighted by Gasteiger charge is -2.32. The van der Waals surface area contributed by atoms with Crippen molar-refractivity contribution >= 4 is 22.6 Å². The summed E-state index contributed by atoms with van der Waals surface area (Å²) >= 11 is 0. The molecule has 0 radical (unpaired) electrons. The molecule has 8 nitrogen and oxygen atoms in total. The number of amides is 2. The Balaban J connectivity index is 1.32. The summed E-state index contributed by atoms with van der Waals surface area (Å²) in [6, 6.07) is 9.90. The molecule has 2 fully saturated rings. The second-order valence-electron chi connectivity index (χ2n) is 7.92. The Kier molecular flexibility index (Phi) is 4.90. The lowest BCUT2D eigenvalue weighted by atomic mass is 9.98. The number of carbonyl (C=O) groups is 2. The van der Waals surface area contributed by atoms with Crippen molar-refractivity contribution in [3.8, 4) is 11.6 Å². The van der Waals surface area contributed by atoms with E-state index in [-0.39, 0.29) is 24.3 Å². The van der Waals surface area contributed by atoms with Crippen LogP contribution in [0.4, 0.5) is 0 Å². The van der Waals surface area contributed by atoms with Crippen LogP contribution in [0.25, 0.3) is 22.4 Å². The van der Waals surface area contributed by atoms with Crippen LogP contribution in [0.1, 0.15) is 37.5 Å². The fourth-order valence-corrected chi connectivity index (χ4v) is 4.33. The molecule has 2 aromatic heterocycles. The van der Waals surface area contributed by atoms with Crippen molar-refractivity contribution in [2.45, 2.75) is 31.6 Å². The van der Waals surface area contributed by atoms with E-state index in [4.69, 9.17) is 4.42 Å². The van der Waals surface area contributed by atoms with Gasteiger partial charge in [0.1, 0.15) is 5.69 Å². The van der Waals surface area contributed by atoms with Gasteiger partial charge in [-0.3, -0.25) is 14.6 Å². The van der Waals surface area contributed by atoms with Crippen LogP contribution in [0.15, 0.2) is 40.9 Å². The molecule has 3 aromatic rings. The van der Waals surface area contributed by atoms with E-state index in [0.717, 1.165) is 30.0 Å². The molecule has 2 saturated heterocycles. The van der Waals surface area contributed by atoms with E-state index in [1.807, 2.05) is 35.2 Å². The molecular weight excluding hydrogens is 382 g/mol. The number of hydrogen-bond donors (Lipinski definition) is 0. The van der Waals surface area contributed by atoms with Gasteiger partial charge in [-0.25, -0.2) is 0 Å². The van der Waals surface area contributed by atoms with E-state index in [2.05, 4.69) is 15.2 Å². The molecule has 154 valence electrons. The summed E-state index contributed by atoms with van der Waals surface area (Å²) in [6.45, 7) is 2.07. The van der Waals surface area contributed by atoms with Gasteiger partial charge in [-0.2, -0.15) is 0 Å². The number of pyridine rings is 1. The van der Waals surface area contributed by atoms with E-state index in [1.165, 1.54) is 0 Å². The Morgan fingerprint density at radius 2 is 2.03 bits per heavy atom. The van der Waals surface area contributed by atoms with Gasteiger partial charge in [-0.05, 0) is 30.7 Å². The van der Waals surface area contributed by atoms with Crippen LogP contribution < -0.4 is 0 Å². The molecule has 2 aliphatic heterocycles. The number of benzene rings is 1. The summed E-state index contributed by atoms with van der Waals surface area (Å²) in [5.74, 6) is 0.988. The molecule has 1 aromatic carbocycles. The predicted octanol–water partition coefficient (Wildman–Crippen LogP) is 2.61. The van der Waals surface area contributed by atoms with Crippen molar-refractivity contribution in [2.75, 3.05) is 26.2 Å². The molecule has 2 amide bonds. The topological polar surface area (TPSA) is 92.4 Å². The number of carbonyl (C=O) groups excluding carboxylic acids is 2. The second kappa shape index (κ2) is 7.85. The smallest absolute Gasteiger partial charge is 0.266 e. The molecule has 8 heteroatoms. The van der Waals surface area contributed by atoms with Crippen molar-refractivity contribution in [1.29, 1.82) is 0 Å². The average molecular weight is 405 g/mol. The number of nitrogens with zero attached hydrogens (tertiary/aromatic N) is 5. The average Bonchev–Trinajstić information content (AvgIpc) is 3.43. The summed E-state index contributed by atoms with van der Waals surface area (Å²) in [6.07, 6.45) is 4.87. The van der Waals surface area contributed by atoms with Crippen molar-refractivity contribution in [2.24, 2.45) is 0 Å². The van der Waals surface area contributed by atoms with E-state index in [0.29, 0.717) is 43.5 Å². The largest absolute Gasteiger partial charge is 0.419 e. The van der Waals surface area contributed by atoms with E-state index in [1.54, 1.807) is 11.1 Å². The van der Waals surface area contributed by atoms with Crippen LogP contribution in [0.5, 0.6) is 0 Å². The minimum absolute atomic E-state index is 0.00629. The maximum absolute atomic E-state index is 12.7. The van der Waals surface area contributed by atoms with Gasteiger partial charge in [0.25, 0.3) is 5.89 Å². The first kappa shape index (κ1) is 18.7. The SMILES string of the molecule is O=C1CCCN1CC(=O)N1CCCC(c2nnc(-c3nccc4ccccc34)o2)C1. The monoisotopic (exact) mass is 405 g/mol. The number of aromatic nitrogens is 3. The third-order valence-electron chi connectivity index (χ3n) is 5.94. The highest BCUT2D eigenvalue weighted by Gasteiger charge is 2.31.